The zero-order valence-electron chi connectivity index (χ0n) is 17.9. The molecule has 0 aliphatic rings. The topological polar surface area (TPSA) is 37.3 Å². The van der Waals surface area contributed by atoms with Gasteiger partial charge in [0, 0.05) is 0 Å². The van der Waals surface area contributed by atoms with Crippen molar-refractivity contribution in [2.45, 2.75) is 103 Å². The molecule has 0 aliphatic heterocycles. The summed E-state index contributed by atoms with van der Waals surface area (Å²) in [4.78, 5) is 11.5. The minimum atomic E-state index is -0.644. The fourth-order valence-electron chi connectivity index (χ4n) is 2.98. The van der Waals surface area contributed by atoms with Crippen LogP contribution in [-0.2, 0) is 4.79 Å². The van der Waals surface area contributed by atoms with Crippen molar-refractivity contribution in [2.75, 3.05) is 5.75 Å². The molecule has 0 heterocycles. The monoisotopic (exact) mass is 394 g/mol. The Hall–Kier alpha value is -0.960. The maximum absolute atomic E-state index is 11.5. The lowest BCUT2D eigenvalue weighted by atomic mass is 10.0. The van der Waals surface area contributed by atoms with Gasteiger partial charge >= 0.3 is 5.97 Å². The standard InChI is InChI=1S/C24H42O2S/c1-4-7-8-9-10-11-12-13-14-15-16-17-18-19-20-21-22-27-24(5-2,6-3)23(25)26/h7-8,10-11,13-14H,4-6,9,12,15-22H2,1-3H3,(H,25,26). The summed E-state index contributed by atoms with van der Waals surface area (Å²) in [5.41, 5.74) is 0. The van der Waals surface area contributed by atoms with E-state index in [0.717, 1.165) is 31.4 Å². The van der Waals surface area contributed by atoms with Crippen LogP contribution in [0.1, 0.15) is 97.8 Å². The highest BCUT2D eigenvalue weighted by Gasteiger charge is 2.34. The lowest BCUT2D eigenvalue weighted by Crippen LogP contribution is -2.33. The maximum Gasteiger partial charge on any atom is 0.319 e. The Morgan fingerprint density at radius 3 is 1.85 bits per heavy atom. The largest absolute Gasteiger partial charge is 0.480 e. The van der Waals surface area contributed by atoms with Crippen molar-refractivity contribution in [2.24, 2.45) is 0 Å². The van der Waals surface area contributed by atoms with Crippen LogP contribution in [0.2, 0.25) is 0 Å². The minimum Gasteiger partial charge on any atom is -0.480 e. The number of allylic oxidation sites excluding steroid dienone is 6. The molecule has 2 nitrogen and oxygen atoms in total. The third kappa shape index (κ3) is 13.8. The summed E-state index contributed by atoms with van der Waals surface area (Å²) in [5, 5.41) is 9.43. The molecular formula is C24H42O2S. The summed E-state index contributed by atoms with van der Waals surface area (Å²) >= 11 is 1.65. The molecular weight excluding hydrogens is 352 g/mol. The number of carboxylic acid groups (broad SMARTS) is 1. The van der Waals surface area contributed by atoms with Crippen LogP contribution >= 0.6 is 11.8 Å². The van der Waals surface area contributed by atoms with Gasteiger partial charge in [-0.2, -0.15) is 0 Å². The van der Waals surface area contributed by atoms with Gasteiger partial charge < -0.3 is 5.11 Å². The Morgan fingerprint density at radius 1 is 0.778 bits per heavy atom. The third-order valence-electron chi connectivity index (χ3n) is 4.96. The van der Waals surface area contributed by atoms with Crippen molar-refractivity contribution in [3.8, 4) is 0 Å². The molecule has 0 fully saturated rings. The van der Waals surface area contributed by atoms with Crippen LogP contribution in [0.15, 0.2) is 36.5 Å². The van der Waals surface area contributed by atoms with E-state index in [1.165, 1.54) is 38.5 Å². The molecule has 0 spiro atoms. The van der Waals surface area contributed by atoms with E-state index in [2.05, 4.69) is 43.4 Å². The first-order chi connectivity index (χ1) is 13.1. The Balaban J connectivity index is 3.51. The van der Waals surface area contributed by atoms with Crippen LogP contribution in [0.3, 0.4) is 0 Å². The number of unbranched alkanes of at least 4 members (excludes halogenated alkanes) is 6. The molecule has 0 amide bonds. The molecule has 27 heavy (non-hydrogen) atoms. The van der Waals surface area contributed by atoms with Crippen molar-refractivity contribution < 1.29 is 9.90 Å². The molecule has 0 radical (unpaired) electrons. The quantitative estimate of drug-likeness (QED) is 0.189. The average molecular weight is 395 g/mol. The summed E-state index contributed by atoms with van der Waals surface area (Å²) in [6.45, 7) is 6.13. The highest BCUT2D eigenvalue weighted by atomic mass is 32.2. The average Bonchev–Trinajstić information content (AvgIpc) is 2.67. The van der Waals surface area contributed by atoms with Gasteiger partial charge in [0.05, 0.1) is 0 Å². The molecule has 0 unspecified atom stereocenters. The molecule has 3 heteroatoms. The minimum absolute atomic E-state index is 0.562. The van der Waals surface area contributed by atoms with Gasteiger partial charge in [-0.05, 0) is 57.1 Å². The van der Waals surface area contributed by atoms with Crippen LogP contribution in [-0.4, -0.2) is 21.6 Å². The molecule has 1 N–H and O–H groups in total. The van der Waals surface area contributed by atoms with E-state index in [-0.39, 0.29) is 0 Å². The molecule has 0 aromatic rings. The van der Waals surface area contributed by atoms with Gasteiger partial charge in [-0.25, -0.2) is 0 Å². The molecule has 0 rings (SSSR count). The van der Waals surface area contributed by atoms with Crippen LogP contribution in [0.4, 0.5) is 0 Å². The Bertz CT molecular complexity index is 434. The van der Waals surface area contributed by atoms with Gasteiger partial charge in [0.1, 0.15) is 4.75 Å². The first-order valence-electron chi connectivity index (χ1n) is 10.9. The summed E-state index contributed by atoms with van der Waals surface area (Å²) in [6.07, 6.45) is 26.8. The number of thioether (sulfide) groups is 1. The SMILES string of the molecule is CCC=CCC=CCC=CCCCCCCCCSC(CC)(CC)C(=O)O. The van der Waals surface area contributed by atoms with Crippen LogP contribution < -0.4 is 0 Å². The Kier molecular flexibility index (Phi) is 17.8. The van der Waals surface area contributed by atoms with Crippen molar-refractivity contribution >= 4 is 17.7 Å². The van der Waals surface area contributed by atoms with E-state index in [1.54, 1.807) is 11.8 Å². The van der Waals surface area contributed by atoms with Gasteiger partial charge in [0.2, 0.25) is 0 Å². The Labute approximate surface area is 172 Å². The number of hydrogen-bond acceptors (Lipinski definition) is 2. The van der Waals surface area contributed by atoms with E-state index in [9.17, 15) is 9.90 Å². The molecule has 0 bridgehead atoms. The van der Waals surface area contributed by atoms with Crippen LogP contribution in [0.5, 0.6) is 0 Å². The normalized spacial score (nSPS) is 12.7. The smallest absolute Gasteiger partial charge is 0.319 e. The lowest BCUT2D eigenvalue weighted by molar-refractivity contribution is -0.140. The molecule has 156 valence electrons. The molecule has 0 aromatic carbocycles. The number of carboxylic acids is 1. The van der Waals surface area contributed by atoms with E-state index in [1.807, 2.05) is 13.8 Å². The third-order valence-corrected chi connectivity index (χ3v) is 6.75. The van der Waals surface area contributed by atoms with Crippen molar-refractivity contribution in [1.82, 2.24) is 0 Å². The fourth-order valence-corrected chi connectivity index (χ4v) is 4.25. The van der Waals surface area contributed by atoms with Gasteiger partial charge in [-0.3, -0.25) is 4.79 Å². The maximum atomic E-state index is 11.5. The Morgan fingerprint density at radius 2 is 1.30 bits per heavy atom. The second-order valence-corrected chi connectivity index (χ2v) is 8.54. The van der Waals surface area contributed by atoms with Crippen molar-refractivity contribution in [3.05, 3.63) is 36.5 Å². The highest BCUT2D eigenvalue weighted by Crippen LogP contribution is 2.33. The number of rotatable bonds is 18. The summed E-state index contributed by atoms with van der Waals surface area (Å²) in [6, 6.07) is 0. The number of carbonyl (C=O) groups is 1. The van der Waals surface area contributed by atoms with Crippen LogP contribution in [0, 0.1) is 0 Å². The predicted molar refractivity (Wildman–Crippen MR) is 123 cm³/mol. The van der Waals surface area contributed by atoms with E-state index in [4.69, 9.17) is 0 Å². The first-order valence-corrected chi connectivity index (χ1v) is 11.9. The second-order valence-electron chi connectivity index (χ2n) is 7.06. The van der Waals surface area contributed by atoms with Gasteiger partial charge in [-0.1, -0.05) is 82.9 Å². The second kappa shape index (κ2) is 18.4. The molecule has 0 saturated carbocycles. The molecule has 0 atom stereocenters. The number of hydrogen-bond donors (Lipinski definition) is 1. The van der Waals surface area contributed by atoms with Gasteiger partial charge in [0.15, 0.2) is 0 Å². The van der Waals surface area contributed by atoms with E-state index in [0.29, 0.717) is 12.8 Å². The fraction of sp³-hybridized carbons (Fsp3) is 0.708. The van der Waals surface area contributed by atoms with Crippen LogP contribution in [0.25, 0.3) is 0 Å². The molecule has 0 aromatic heterocycles. The summed E-state index contributed by atoms with van der Waals surface area (Å²) in [7, 11) is 0. The van der Waals surface area contributed by atoms with Gasteiger partial charge in [-0.15, -0.1) is 11.8 Å². The lowest BCUT2D eigenvalue weighted by Gasteiger charge is -2.25. The molecule has 0 aliphatic carbocycles. The summed E-state index contributed by atoms with van der Waals surface area (Å²) < 4.78 is -0.562. The predicted octanol–water partition coefficient (Wildman–Crippen LogP) is 7.95. The zero-order valence-corrected chi connectivity index (χ0v) is 18.7. The highest BCUT2D eigenvalue weighted by molar-refractivity contribution is 8.01. The zero-order chi connectivity index (χ0) is 20.2. The van der Waals surface area contributed by atoms with Gasteiger partial charge in [0.25, 0.3) is 0 Å². The van der Waals surface area contributed by atoms with Crippen molar-refractivity contribution in [1.29, 1.82) is 0 Å². The first kappa shape index (κ1) is 26.0. The number of aliphatic carboxylic acids is 1. The molecule has 0 saturated heterocycles. The van der Waals surface area contributed by atoms with E-state index < -0.39 is 10.7 Å². The summed E-state index contributed by atoms with van der Waals surface area (Å²) in [5.74, 6) is 0.327. The van der Waals surface area contributed by atoms with E-state index >= 15 is 0 Å². The van der Waals surface area contributed by atoms with Crippen molar-refractivity contribution in [3.63, 3.8) is 0 Å².